The van der Waals surface area contributed by atoms with Gasteiger partial charge in [-0.3, -0.25) is 0 Å². The fourth-order valence-electron chi connectivity index (χ4n) is 4.52. The average Bonchev–Trinajstić information content (AvgIpc) is 3.45. The van der Waals surface area contributed by atoms with Gasteiger partial charge in [0.05, 0.1) is 16.7 Å². The van der Waals surface area contributed by atoms with Crippen LogP contribution in [-0.4, -0.2) is 45.2 Å². The lowest BCUT2D eigenvalue weighted by Gasteiger charge is -2.21. The third-order valence-electron chi connectivity index (χ3n) is 6.25. The zero-order valence-electron chi connectivity index (χ0n) is 25.6. The standard InChI is InChI=1S/C20H20BrNO2.C13H14BBrNO4/c1-13-7-5-6-8-16(13)18-11-14-9-10-15(21)12-17(14)22(18)19(23)24-20(2,3)4;1-13(2,3)19-12(17)16-10-7-9(15)5-4-8(10)6-11(16)20-14-18/h5-12H,1-4H3;4-7,18H,1-3H3. The van der Waals surface area contributed by atoms with Crippen LogP contribution in [0, 0.1) is 6.92 Å². The van der Waals surface area contributed by atoms with E-state index in [2.05, 4.69) is 31.9 Å². The summed E-state index contributed by atoms with van der Waals surface area (Å²) in [6.07, 6.45) is -0.934. The van der Waals surface area contributed by atoms with Crippen molar-refractivity contribution in [3.05, 3.63) is 87.3 Å². The van der Waals surface area contributed by atoms with Gasteiger partial charge in [-0.1, -0.05) is 68.3 Å². The molecule has 0 amide bonds. The maximum absolute atomic E-state index is 12.9. The predicted octanol–water partition coefficient (Wildman–Crippen LogP) is 9.25. The van der Waals surface area contributed by atoms with E-state index in [1.807, 2.05) is 88.4 Å². The summed E-state index contributed by atoms with van der Waals surface area (Å²) in [5.74, 6) is 0.190. The molecular weight excluding hydrogens is 691 g/mol. The molecule has 0 saturated heterocycles. The molecule has 0 bridgehead atoms. The van der Waals surface area contributed by atoms with Crippen LogP contribution in [0.1, 0.15) is 47.1 Å². The SMILES string of the molecule is CC(C)(C)OC(=O)n1c(O[B]O)cc2ccc(Br)cc21.Cc1ccccc1-c1cc2ccc(Br)cc2n1C(=O)OC(C)(C)C. The molecule has 0 saturated carbocycles. The topological polar surface area (TPSA) is 91.9 Å². The molecule has 11 heteroatoms. The molecule has 2 heterocycles. The molecule has 0 aliphatic carbocycles. The van der Waals surface area contributed by atoms with Gasteiger partial charge in [0.1, 0.15) is 11.2 Å². The Bertz CT molecular complexity index is 1830. The molecule has 0 aliphatic heterocycles. The normalized spacial score (nSPS) is 11.6. The molecule has 8 nitrogen and oxygen atoms in total. The molecule has 1 radical (unpaired) electrons. The number of benzene rings is 3. The number of nitrogens with zero attached hydrogens (tertiary/aromatic N) is 2. The van der Waals surface area contributed by atoms with Gasteiger partial charge in [0.2, 0.25) is 0 Å². The van der Waals surface area contributed by atoms with Gasteiger partial charge in [0, 0.05) is 31.3 Å². The van der Waals surface area contributed by atoms with Crippen LogP contribution in [0.4, 0.5) is 9.59 Å². The first kappa shape index (κ1) is 33.4. The maximum Gasteiger partial charge on any atom is 0.570 e. The van der Waals surface area contributed by atoms with E-state index in [0.29, 0.717) is 13.2 Å². The summed E-state index contributed by atoms with van der Waals surface area (Å²) in [5, 5.41) is 10.6. The van der Waals surface area contributed by atoms with Gasteiger partial charge in [0.15, 0.2) is 5.88 Å². The van der Waals surface area contributed by atoms with E-state index in [1.165, 1.54) is 4.57 Å². The van der Waals surface area contributed by atoms with E-state index in [4.69, 9.17) is 19.2 Å². The Hall–Kier alpha value is -3.54. The first-order chi connectivity index (χ1) is 20.6. The first-order valence-electron chi connectivity index (χ1n) is 13.9. The Kier molecular flexibility index (Phi) is 10.0. The number of hydrogen-bond donors (Lipinski definition) is 1. The lowest BCUT2D eigenvalue weighted by molar-refractivity contribution is 0.0529. The summed E-state index contributed by atoms with van der Waals surface area (Å²) in [4.78, 5) is 25.2. The number of hydrogen-bond acceptors (Lipinski definition) is 6. The van der Waals surface area contributed by atoms with Gasteiger partial charge in [0.25, 0.3) is 0 Å². The van der Waals surface area contributed by atoms with Gasteiger partial charge >= 0.3 is 19.9 Å². The highest BCUT2D eigenvalue weighted by Crippen LogP contribution is 2.33. The second-order valence-electron chi connectivity index (χ2n) is 12.1. The van der Waals surface area contributed by atoms with Crippen LogP contribution in [-0.2, 0) is 9.47 Å². The van der Waals surface area contributed by atoms with E-state index in [0.717, 1.165) is 42.1 Å². The van der Waals surface area contributed by atoms with Crippen molar-refractivity contribution < 1.29 is 28.7 Å². The van der Waals surface area contributed by atoms with Crippen molar-refractivity contribution in [1.82, 2.24) is 9.13 Å². The van der Waals surface area contributed by atoms with Crippen LogP contribution in [0.25, 0.3) is 33.1 Å². The number of rotatable bonds is 3. The number of fused-ring (bicyclic) bond motifs is 2. The van der Waals surface area contributed by atoms with Crippen LogP contribution in [0.15, 0.2) is 81.7 Å². The quantitative estimate of drug-likeness (QED) is 0.187. The van der Waals surface area contributed by atoms with Crippen LogP contribution >= 0.6 is 31.9 Å². The minimum atomic E-state index is -0.625. The highest BCUT2D eigenvalue weighted by molar-refractivity contribution is 9.10. The lowest BCUT2D eigenvalue weighted by Crippen LogP contribution is -2.27. The smallest absolute Gasteiger partial charge is 0.524 e. The van der Waals surface area contributed by atoms with Crippen LogP contribution in [0.3, 0.4) is 0 Å². The van der Waals surface area contributed by atoms with Gasteiger partial charge in [-0.2, -0.15) is 0 Å². The van der Waals surface area contributed by atoms with E-state index >= 15 is 0 Å². The number of ether oxygens (including phenoxy) is 2. The molecule has 0 atom stereocenters. The molecule has 3 aromatic carbocycles. The van der Waals surface area contributed by atoms with Crippen molar-refractivity contribution in [2.24, 2.45) is 0 Å². The summed E-state index contributed by atoms with van der Waals surface area (Å²) in [6, 6.07) is 23.1. The molecule has 0 unspecified atom stereocenters. The molecule has 0 aliphatic rings. The summed E-state index contributed by atoms with van der Waals surface area (Å²) < 4.78 is 20.7. The molecule has 2 aromatic heterocycles. The van der Waals surface area contributed by atoms with Gasteiger partial charge < -0.3 is 19.2 Å². The Morgan fingerprint density at radius 3 is 1.75 bits per heavy atom. The zero-order chi connectivity index (χ0) is 32.4. The fraction of sp³-hybridized carbons (Fsp3) is 0.273. The van der Waals surface area contributed by atoms with Crippen molar-refractivity contribution >= 4 is 73.5 Å². The van der Waals surface area contributed by atoms with E-state index in [9.17, 15) is 9.59 Å². The Morgan fingerprint density at radius 1 is 0.727 bits per heavy atom. The zero-order valence-corrected chi connectivity index (χ0v) is 28.8. The second-order valence-corrected chi connectivity index (χ2v) is 13.9. The lowest BCUT2D eigenvalue weighted by atomic mass is 10.1. The molecule has 0 fully saturated rings. The first-order valence-corrected chi connectivity index (χ1v) is 15.4. The van der Waals surface area contributed by atoms with Crippen LogP contribution in [0.2, 0.25) is 0 Å². The van der Waals surface area contributed by atoms with E-state index in [-0.39, 0.29) is 12.0 Å². The Labute approximate surface area is 274 Å². The molecule has 1 N–H and O–H groups in total. The van der Waals surface area contributed by atoms with Crippen molar-refractivity contribution in [3.63, 3.8) is 0 Å². The number of carbonyl (C=O) groups is 2. The average molecular weight is 725 g/mol. The number of aromatic nitrogens is 2. The fourth-order valence-corrected chi connectivity index (χ4v) is 5.22. The Morgan fingerprint density at radius 2 is 1.23 bits per heavy atom. The molecular formula is C33H34BBr2N2O6. The largest absolute Gasteiger partial charge is 0.570 e. The summed E-state index contributed by atoms with van der Waals surface area (Å²) in [7, 11) is 0.532. The van der Waals surface area contributed by atoms with E-state index < -0.39 is 17.3 Å². The number of halogens is 2. The highest BCUT2D eigenvalue weighted by atomic mass is 79.9. The van der Waals surface area contributed by atoms with Gasteiger partial charge in [-0.25, -0.2) is 18.7 Å². The Balaban J connectivity index is 0.000000204. The van der Waals surface area contributed by atoms with Crippen LogP contribution < -0.4 is 4.65 Å². The summed E-state index contributed by atoms with van der Waals surface area (Å²) in [5.41, 5.74) is 3.26. The molecule has 5 aromatic rings. The molecule has 0 spiro atoms. The molecule has 44 heavy (non-hydrogen) atoms. The molecule has 5 rings (SSSR count). The van der Waals surface area contributed by atoms with Crippen molar-refractivity contribution in [2.45, 2.75) is 59.7 Å². The molecule has 229 valence electrons. The third kappa shape index (κ3) is 7.94. The predicted molar refractivity (Wildman–Crippen MR) is 181 cm³/mol. The van der Waals surface area contributed by atoms with E-state index in [1.54, 1.807) is 37.5 Å². The number of aryl methyl sites for hydroxylation is 1. The summed E-state index contributed by atoms with van der Waals surface area (Å²) in [6.45, 7) is 13.0. The van der Waals surface area contributed by atoms with Crippen LogP contribution in [0.5, 0.6) is 5.88 Å². The summed E-state index contributed by atoms with van der Waals surface area (Å²) >= 11 is 6.85. The maximum atomic E-state index is 12.9. The van der Waals surface area contributed by atoms with Gasteiger partial charge in [-0.15, -0.1) is 0 Å². The third-order valence-corrected chi connectivity index (χ3v) is 7.23. The minimum Gasteiger partial charge on any atom is -0.524 e. The van der Waals surface area contributed by atoms with Crippen molar-refractivity contribution in [1.29, 1.82) is 0 Å². The monoisotopic (exact) mass is 723 g/mol. The van der Waals surface area contributed by atoms with Crippen molar-refractivity contribution in [2.75, 3.05) is 0 Å². The highest BCUT2D eigenvalue weighted by Gasteiger charge is 2.24. The number of carbonyl (C=O) groups excluding carboxylic acids is 2. The van der Waals surface area contributed by atoms with Crippen molar-refractivity contribution in [3.8, 4) is 17.1 Å². The minimum absolute atomic E-state index is 0.190. The van der Waals surface area contributed by atoms with Gasteiger partial charge in [-0.05, 0) is 84.4 Å². The second kappa shape index (κ2) is 13.2.